The van der Waals surface area contributed by atoms with Crippen LogP contribution >= 0.6 is 0 Å². The molecule has 0 N–H and O–H groups in total. The van der Waals surface area contributed by atoms with Crippen molar-refractivity contribution in [1.82, 2.24) is 18.7 Å². The molecule has 2 aromatic rings. The lowest BCUT2D eigenvalue weighted by molar-refractivity contribution is -0.117. The first-order chi connectivity index (χ1) is 10.5. The fraction of sp³-hybridized carbons (Fsp3) is 0.600. The van der Waals surface area contributed by atoms with Crippen LogP contribution in [0.2, 0.25) is 0 Å². The summed E-state index contributed by atoms with van der Waals surface area (Å²) in [4.78, 5) is 41.0. The lowest BCUT2D eigenvalue weighted by Gasteiger charge is -2.11. The molecule has 7 nitrogen and oxygen atoms in total. The summed E-state index contributed by atoms with van der Waals surface area (Å²) in [6.07, 6.45) is 5.02. The number of fused-ring (bicyclic) bond motifs is 1. The van der Waals surface area contributed by atoms with E-state index in [-0.39, 0.29) is 29.6 Å². The average molecular weight is 304 g/mol. The van der Waals surface area contributed by atoms with Crippen molar-refractivity contribution >= 4 is 16.9 Å². The van der Waals surface area contributed by atoms with Gasteiger partial charge in [-0.3, -0.25) is 18.7 Å². The lowest BCUT2D eigenvalue weighted by Crippen LogP contribution is -2.40. The summed E-state index contributed by atoms with van der Waals surface area (Å²) in [5, 5.41) is 0. The van der Waals surface area contributed by atoms with Crippen LogP contribution in [-0.2, 0) is 17.9 Å². The molecule has 3 rings (SSSR count). The van der Waals surface area contributed by atoms with Crippen molar-refractivity contribution in [3.63, 3.8) is 0 Å². The monoisotopic (exact) mass is 304 g/mol. The van der Waals surface area contributed by atoms with Gasteiger partial charge in [0.2, 0.25) is 0 Å². The molecule has 1 fully saturated rings. The normalized spacial score (nSPS) is 14.6. The van der Waals surface area contributed by atoms with Crippen molar-refractivity contribution in [3.05, 3.63) is 27.2 Å². The molecule has 0 spiro atoms. The molecule has 2 heterocycles. The molecule has 22 heavy (non-hydrogen) atoms. The number of carbonyl (C=O) groups is 1. The van der Waals surface area contributed by atoms with Crippen LogP contribution in [0.5, 0.6) is 0 Å². The summed E-state index contributed by atoms with van der Waals surface area (Å²) in [6, 6.07) is 0.129. The second-order valence-corrected chi connectivity index (χ2v) is 5.94. The molecule has 7 heteroatoms. The SMILES string of the molecule is CCCCn1c(=O)c2c(ncn2CC(C)=O)n(C2CC2)c1=O. The minimum Gasteiger partial charge on any atom is -0.317 e. The standard InChI is InChI=1S/C15H20N4O3/c1-3-4-7-18-14(21)12-13(16-9-17(12)8-10(2)20)19(15(18)22)11-5-6-11/h9,11H,3-8H2,1-2H3. The van der Waals surface area contributed by atoms with Crippen LogP contribution in [0.1, 0.15) is 45.6 Å². The number of Topliss-reactive ketones (excluding diaryl/α,β-unsaturated/α-hetero) is 1. The second-order valence-electron chi connectivity index (χ2n) is 5.94. The predicted molar refractivity (Wildman–Crippen MR) is 82.1 cm³/mol. The Morgan fingerprint density at radius 2 is 2.09 bits per heavy atom. The lowest BCUT2D eigenvalue weighted by atomic mass is 10.3. The number of hydrogen-bond acceptors (Lipinski definition) is 4. The second kappa shape index (κ2) is 5.55. The zero-order valence-corrected chi connectivity index (χ0v) is 12.9. The van der Waals surface area contributed by atoms with E-state index in [1.54, 1.807) is 9.13 Å². The maximum absolute atomic E-state index is 12.7. The Morgan fingerprint density at radius 1 is 1.36 bits per heavy atom. The van der Waals surface area contributed by atoms with Gasteiger partial charge in [-0.25, -0.2) is 9.78 Å². The molecule has 0 aliphatic heterocycles. The number of hydrogen-bond donors (Lipinski definition) is 0. The van der Waals surface area contributed by atoms with E-state index in [1.165, 1.54) is 17.8 Å². The van der Waals surface area contributed by atoms with E-state index in [9.17, 15) is 14.4 Å². The highest BCUT2D eigenvalue weighted by Gasteiger charge is 2.30. The number of imidazole rings is 1. The van der Waals surface area contributed by atoms with Crippen LogP contribution in [0.4, 0.5) is 0 Å². The first-order valence-corrected chi connectivity index (χ1v) is 7.74. The Morgan fingerprint density at radius 3 is 2.68 bits per heavy atom. The van der Waals surface area contributed by atoms with Crippen LogP contribution in [0, 0.1) is 0 Å². The summed E-state index contributed by atoms with van der Waals surface area (Å²) in [5.41, 5.74) is 0.148. The van der Waals surface area contributed by atoms with Crippen molar-refractivity contribution in [2.45, 2.75) is 58.7 Å². The quantitative estimate of drug-likeness (QED) is 0.800. The third-order valence-electron chi connectivity index (χ3n) is 3.97. The molecule has 0 radical (unpaired) electrons. The maximum Gasteiger partial charge on any atom is 0.332 e. The average Bonchev–Trinajstić information content (AvgIpc) is 3.20. The van der Waals surface area contributed by atoms with Crippen molar-refractivity contribution < 1.29 is 4.79 Å². The predicted octanol–water partition coefficient (Wildman–Crippen LogP) is 1.08. The molecular weight excluding hydrogens is 284 g/mol. The Labute approximate surface area is 127 Å². The topological polar surface area (TPSA) is 78.9 Å². The fourth-order valence-electron chi connectivity index (χ4n) is 2.74. The van der Waals surface area contributed by atoms with Gasteiger partial charge < -0.3 is 4.57 Å². The number of nitrogens with zero attached hydrogens (tertiary/aromatic N) is 4. The molecule has 2 aromatic heterocycles. The van der Waals surface area contributed by atoms with Gasteiger partial charge in [-0.1, -0.05) is 13.3 Å². The molecule has 0 unspecified atom stereocenters. The van der Waals surface area contributed by atoms with Crippen LogP contribution in [0.25, 0.3) is 11.2 Å². The molecule has 0 amide bonds. The third-order valence-corrected chi connectivity index (χ3v) is 3.97. The molecular formula is C15H20N4O3. The Balaban J connectivity index is 2.28. The molecule has 1 saturated carbocycles. The van der Waals surface area contributed by atoms with Gasteiger partial charge in [-0.15, -0.1) is 0 Å². The first-order valence-electron chi connectivity index (χ1n) is 7.74. The van der Waals surface area contributed by atoms with E-state index in [4.69, 9.17) is 0 Å². The number of carbonyl (C=O) groups excluding carboxylic acids is 1. The van der Waals surface area contributed by atoms with Crippen LogP contribution in [-0.4, -0.2) is 24.5 Å². The minimum absolute atomic E-state index is 0.0528. The van der Waals surface area contributed by atoms with Gasteiger partial charge in [0, 0.05) is 12.6 Å². The van der Waals surface area contributed by atoms with Crippen LogP contribution in [0.3, 0.4) is 0 Å². The smallest absolute Gasteiger partial charge is 0.317 e. The summed E-state index contributed by atoms with van der Waals surface area (Å²) < 4.78 is 4.48. The van der Waals surface area contributed by atoms with Crippen LogP contribution < -0.4 is 11.2 Å². The zero-order chi connectivity index (χ0) is 15.9. The molecule has 0 aromatic carbocycles. The van der Waals surface area contributed by atoms with E-state index in [1.807, 2.05) is 6.92 Å². The fourth-order valence-corrected chi connectivity index (χ4v) is 2.74. The van der Waals surface area contributed by atoms with Gasteiger partial charge in [0.15, 0.2) is 11.2 Å². The highest BCUT2D eigenvalue weighted by Crippen LogP contribution is 2.34. The molecule has 1 aliphatic carbocycles. The molecule has 1 aliphatic rings. The van der Waals surface area contributed by atoms with Crippen LogP contribution in [0.15, 0.2) is 15.9 Å². The Bertz CT molecular complexity index is 839. The van der Waals surface area contributed by atoms with Crippen molar-refractivity contribution in [1.29, 1.82) is 0 Å². The number of rotatable bonds is 6. The van der Waals surface area contributed by atoms with Gasteiger partial charge in [0.05, 0.1) is 12.9 Å². The minimum atomic E-state index is -0.343. The van der Waals surface area contributed by atoms with Crippen molar-refractivity contribution in [3.8, 4) is 0 Å². The van der Waals surface area contributed by atoms with Gasteiger partial charge in [-0.05, 0) is 26.2 Å². The van der Waals surface area contributed by atoms with Gasteiger partial charge in [0.1, 0.15) is 5.78 Å². The number of aromatic nitrogens is 4. The number of ketones is 1. The zero-order valence-electron chi connectivity index (χ0n) is 12.9. The van der Waals surface area contributed by atoms with Crippen molar-refractivity contribution in [2.75, 3.05) is 0 Å². The Kier molecular flexibility index (Phi) is 3.72. The van der Waals surface area contributed by atoms with E-state index >= 15 is 0 Å². The van der Waals surface area contributed by atoms with E-state index < -0.39 is 0 Å². The summed E-state index contributed by atoms with van der Waals surface area (Å²) in [5.74, 6) is -0.0528. The maximum atomic E-state index is 12.7. The summed E-state index contributed by atoms with van der Waals surface area (Å²) in [6.45, 7) is 3.99. The van der Waals surface area contributed by atoms with Gasteiger partial charge >= 0.3 is 5.69 Å². The van der Waals surface area contributed by atoms with E-state index in [0.717, 1.165) is 25.7 Å². The van der Waals surface area contributed by atoms with E-state index in [2.05, 4.69) is 4.98 Å². The van der Waals surface area contributed by atoms with E-state index in [0.29, 0.717) is 17.7 Å². The van der Waals surface area contributed by atoms with Gasteiger partial charge in [-0.2, -0.15) is 0 Å². The largest absolute Gasteiger partial charge is 0.332 e. The summed E-state index contributed by atoms with van der Waals surface area (Å²) in [7, 11) is 0. The molecule has 0 bridgehead atoms. The molecule has 0 saturated heterocycles. The highest BCUT2D eigenvalue weighted by molar-refractivity contribution is 5.78. The molecule has 118 valence electrons. The third kappa shape index (κ3) is 2.40. The summed E-state index contributed by atoms with van der Waals surface area (Å²) >= 11 is 0. The first kappa shape index (κ1) is 14.7. The molecule has 0 atom stereocenters. The van der Waals surface area contributed by atoms with Crippen molar-refractivity contribution in [2.24, 2.45) is 0 Å². The Hall–Kier alpha value is -2.18. The van der Waals surface area contributed by atoms with Gasteiger partial charge in [0.25, 0.3) is 5.56 Å². The highest BCUT2D eigenvalue weighted by atomic mass is 16.2. The number of unbranched alkanes of at least 4 members (excludes halogenated alkanes) is 1.